The summed E-state index contributed by atoms with van der Waals surface area (Å²) in [6.07, 6.45) is 0.612. The molecule has 0 spiro atoms. The van der Waals surface area contributed by atoms with Crippen LogP contribution in [0.2, 0.25) is 0 Å². The minimum absolute atomic E-state index is 0.612. The van der Waals surface area contributed by atoms with Gasteiger partial charge in [0.1, 0.15) is 5.72 Å². The molecule has 1 aromatic rings. The fraction of sp³-hybridized carbons (Fsp3) is 0.400. The molecule has 0 aliphatic rings. The van der Waals surface area contributed by atoms with E-state index in [9.17, 15) is 5.11 Å². The average Bonchev–Trinajstić information content (AvgIpc) is 2.17. The van der Waals surface area contributed by atoms with E-state index < -0.39 is 5.72 Å². The lowest BCUT2D eigenvalue weighted by Gasteiger charge is -2.27. The van der Waals surface area contributed by atoms with Gasteiger partial charge in [0, 0.05) is 10.5 Å². The second-order valence-corrected chi connectivity index (χ2v) is 3.46. The summed E-state index contributed by atoms with van der Waals surface area (Å²) in [7, 11) is 1.74. The van der Waals surface area contributed by atoms with Crippen molar-refractivity contribution >= 4 is 12.6 Å². The smallest absolute Gasteiger partial charge is 0.142 e. The highest BCUT2D eigenvalue weighted by molar-refractivity contribution is 7.80. The first kappa shape index (κ1) is 10.6. The van der Waals surface area contributed by atoms with Crippen LogP contribution in [-0.4, -0.2) is 12.2 Å². The van der Waals surface area contributed by atoms with Crippen LogP contribution in [0.15, 0.2) is 29.2 Å². The maximum atomic E-state index is 10.1. The second kappa shape index (κ2) is 4.13. The van der Waals surface area contributed by atoms with Crippen molar-refractivity contribution in [2.45, 2.75) is 24.0 Å². The molecule has 1 aromatic carbocycles. The van der Waals surface area contributed by atoms with Crippen molar-refractivity contribution in [2.24, 2.45) is 0 Å². The van der Waals surface area contributed by atoms with Gasteiger partial charge in [-0.25, -0.2) is 0 Å². The van der Waals surface area contributed by atoms with Crippen LogP contribution in [0.25, 0.3) is 0 Å². The van der Waals surface area contributed by atoms with Crippen LogP contribution in [0.4, 0.5) is 0 Å². The summed E-state index contributed by atoms with van der Waals surface area (Å²) in [5.74, 6) is 0. The van der Waals surface area contributed by atoms with Crippen LogP contribution in [0, 0.1) is 0 Å². The molecule has 0 saturated carbocycles. The Morgan fingerprint density at radius 2 is 2.08 bits per heavy atom. The molecule has 3 heteroatoms. The van der Waals surface area contributed by atoms with E-state index in [0.29, 0.717) is 6.42 Å². The Hall–Kier alpha value is -0.510. The van der Waals surface area contributed by atoms with Gasteiger partial charge >= 0.3 is 0 Å². The quantitative estimate of drug-likeness (QED) is 0.509. The van der Waals surface area contributed by atoms with Crippen molar-refractivity contribution in [3.63, 3.8) is 0 Å². The second-order valence-electron chi connectivity index (χ2n) is 2.98. The maximum Gasteiger partial charge on any atom is 0.142 e. The van der Waals surface area contributed by atoms with Gasteiger partial charge in [0.2, 0.25) is 0 Å². The lowest BCUT2D eigenvalue weighted by atomic mass is 10.0. The minimum Gasteiger partial charge on any atom is -0.372 e. The van der Waals surface area contributed by atoms with Gasteiger partial charge in [0.05, 0.1) is 0 Å². The molecule has 0 aromatic heterocycles. The number of nitrogens with one attached hydrogen (secondary N) is 1. The molecule has 13 heavy (non-hydrogen) atoms. The lowest BCUT2D eigenvalue weighted by Crippen LogP contribution is -2.39. The molecular weight excluding hydrogens is 182 g/mol. The van der Waals surface area contributed by atoms with Crippen LogP contribution < -0.4 is 5.32 Å². The van der Waals surface area contributed by atoms with Crippen LogP contribution in [0.5, 0.6) is 0 Å². The average molecular weight is 197 g/mol. The molecular formula is C10H15NOS. The van der Waals surface area contributed by atoms with Gasteiger partial charge in [-0.3, -0.25) is 5.32 Å². The molecule has 0 bridgehead atoms. The SMILES string of the molecule is CC[C@@](O)(NC)c1ccccc1S. The fourth-order valence-electron chi connectivity index (χ4n) is 1.33. The van der Waals surface area contributed by atoms with Crippen molar-refractivity contribution in [2.75, 3.05) is 7.05 Å². The van der Waals surface area contributed by atoms with E-state index in [4.69, 9.17) is 0 Å². The normalized spacial score (nSPS) is 15.4. The molecule has 2 nitrogen and oxygen atoms in total. The molecule has 1 atom stereocenters. The zero-order valence-corrected chi connectivity index (χ0v) is 8.81. The van der Waals surface area contributed by atoms with Gasteiger partial charge in [-0.15, -0.1) is 12.6 Å². The van der Waals surface area contributed by atoms with Crippen molar-refractivity contribution in [1.29, 1.82) is 0 Å². The van der Waals surface area contributed by atoms with E-state index >= 15 is 0 Å². The van der Waals surface area contributed by atoms with Gasteiger partial charge in [0.15, 0.2) is 0 Å². The third-order valence-corrected chi connectivity index (χ3v) is 2.66. The van der Waals surface area contributed by atoms with Crippen molar-refractivity contribution in [3.8, 4) is 0 Å². The Balaban J connectivity index is 3.12. The Morgan fingerprint density at radius 1 is 1.46 bits per heavy atom. The molecule has 0 amide bonds. The molecule has 0 aliphatic carbocycles. The summed E-state index contributed by atoms with van der Waals surface area (Å²) in [5.41, 5.74) is -0.137. The fourth-order valence-corrected chi connectivity index (χ4v) is 1.67. The molecule has 2 N–H and O–H groups in total. The van der Waals surface area contributed by atoms with E-state index in [1.165, 1.54) is 0 Å². The number of aliphatic hydroxyl groups is 1. The Kier molecular flexibility index (Phi) is 3.36. The number of hydrogen-bond acceptors (Lipinski definition) is 3. The van der Waals surface area contributed by atoms with Gasteiger partial charge in [-0.05, 0) is 19.5 Å². The van der Waals surface area contributed by atoms with E-state index in [2.05, 4.69) is 17.9 Å². The zero-order valence-electron chi connectivity index (χ0n) is 7.91. The van der Waals surface area contributed by atoms with Crippen molar-refractivity contribution in [3.05, 3.63) is 29.8 Å². The molecule has 0 fully saturated rings. The number of benzene rings is 1. The predicted octanol–water partition coefficient (Wildman–Crippen LogP) is 1.75. The van der Waals surface area contributed by atoms with E-state index in [1.807, 2.05) is 31.2 Å². The summed E-state index contributed by atoms with van der Waals surface area (Å²) in [5, 5.41) is 13.0. The topological polar surface area (TPSA) is 32.3 Å². The van der Waals surface area contributed by atoms with Crippen molar-refractivity contribution < 1.29 is 5.11 Å². The summed E-state index contributed by atoms with van der Waals surface area (Å²) in [6.45, 7) is 1.93. The summed E-state index contributed by atoms with van der Waals surface area (Å²) in [4.78, 5) is 0.807. The highest BCUT2D eigenvalue weighted by Gasteiger charge is 2.26. The van der Waals surface area contributed by atoms with Crippen LogP contribution in [-0.2, 0) is 5.72 Å². The first-order chi connectivity index (χ1) is 6.14. The first-order valence-corrected chi connectivity index (χ1v) is 4.78. The van der Waals surface area contributed by atoms with Crippen molar-refractivity contribution in [1.82, 2.24) is 5.32 Å². The molecule has 72 valence electrons. The summed E-state index contributed by atoms with van der Waals surface area (Å²) in [6, 6.07) is 7.54. The summed E-state index contributed by atoms with van der Waals surface area (Å²) >= 11 is 4.30. The number of rotatable bonds is 3. The van der Waals surface area contributed by atoms with E-state index in [-0.39, 0.29) is 0 Å². The Morgan fingerprint density at radius 3 is 2.54 bits per heavy atom. The Bertz CT molecular complexity index is 284. The predicted molar refractivity (Wildman–Crippen MR) is 56.9 cm³/mol. The van der Waals surface area contributed by atoms with Gasteiger partial charge in [0.25, 0.3) is 0 Å². The number of thiol groups is 1. The third kappa shape index (κ3) is 2.05. The number of hydrogen-bond donors (Lipinski definition) is 3. The molecule has 0 aliphatic heterocycles. The largest absolute Gasteiger partial charge is 0.372 e. The lowest BCUT2D eigenvalue weighted by molar-refractivity contribution is 0.00163. The maximum absolute atomic E-state index is 10.1. The minimum atomic E-state index is -0.960. The van der Waals surface area contributed by atoms with Crippen LogP contribution in [0.3, 0.4) is 0 Å². The monoisotopic (exact) mass is 197 g/mol. The highest BCUT2D eigenvalue weighted by Crippen LogP contribution is 2.26. The molecule has 0 heterocycles. The highest BCUT2D eigenvalue weighted by atomic mass is 32.1. The van der Waals surface area contributed by atoms with E-state index in [0.717, 1.165) is 10.5 Å². The Labute approximate surface area is 84.4 Å². The molecule has 0 saturated heterocycles. The van der Waals surface area contributed by atoms with Crippen LogP contribution in [0.1, 0.15) is 18.9 Å². The molecule has 0 unspecified atom stereocenters. The third-order valence-electron chi connectivity index (χ3n) is 2.27. The molecule has 1 rings (SSSR count). The van der Waals surface area contributed by atoms with Crippen LogP contribution >= 0.6 is 12.6 Å². The van der Waals surface area contributed by atoms with E-state index in [1.54, 1.807) is 7.05 Å². The van der Waals surface area contributed by atoms with Gasteiger partial charge in [-0.2, -0.15) is 0 Å². The van der Waals surface area contributed by atoms with Gasteiger partial charge in [-0.1, -0.05) is 25.1 Å². The summed E-state index contributed by atoms with van der Waals surface area (Å²) < 4.78 is 0. The standard InChI is InChI=1S/C10H15NOS/c1-3-10(12,11-2)8-6-4-5-7-9(8)13/h4-7,11-13H,3H2,1-2H3/t10-/m0/s1. The van der Waals surface area contributed by atoms with Gasteiger partial charge < -0.3 is 5.11 Å². The molecule has 0 radical (unpaired) electrons. The zero-order chi connectivity index (χ0) is 9.90. The first-order valence-electron chi connectivity index (χ1n) is 4.34.